The Kier molecular flexibility index (Phi) is 6.38. The number of halogens is 5. The minimum Gasteiger partial charge on any atom is -0.359 e. The second-order valence-electron chi connectivity index (χ2n) is 5.95. The van der Waals surface area contributed by atoms with E-state index in [9.17, 15) is 14.0 Å². The number of carbonyl (C=O) groups is 2. The molecule has 1 fully saturated rings. The second-order valence-corrected chi connectivity index (χ2v) is 9.18. The fourth-order valence-electron chi connectivity index (χ4n) is 2.59. The lowest BCUT2D eigenvalue weighted by Gasteiger charge is -2.24. The predicted octanol–water partition coefficient (Wildman–Crippen LogP) is 5.19. The molecule has 0 bridgehead atoms. The summed E-state index contributed by atoms with van der Waals surface area (Å²) in [6.07, 6.45) is -1.22. The molecule has 1 unspecified atom stereocenters. The summed E-state index contributed by atoms with van der Waals surface area (Å²) in [5, 5.41) is 2.92. The molecule has 2 aromatic rings. The highest BCUT2D eigenvalue weighted by Crippen LogP contribution is 2.35. The lowest BCUT2D eigenvalue weighted by atomic mass is 10.3. The van der Waals surface area contributed by atoms with Crippen LogP contribution in [0.15, 0.2) is 58.0 Å². The Labute approximate surface area is 189 Å². The third kappa shape index (κ3) is 4.50. The van der Waals surface area contributed by atoms with E-state index in [1.165, 1.54) is 25.2 Å². The molecule has 0 saturated carbocycles. The molecule has 1 N–H and O–H groups in total. The van der Waals surface area contributed by atoms with Crippen LogP contribution in [0, 0.1) is 5.82 Å². The van der Waals surface area contributed by atoms with Crippen LogP contribution >= 0.6 is 50.7 Å². The molecule has 0 radical (unpaired) electrons. The van der Waals surface area contributed by atoms with Crippen molar-refractivity contribution < 1.29 is 14.0 Å². The number of aliphatic imine (C=N–C) groups is 1. The Hall–Kier alpha value is -1.87. The first-order valence-electron chi connectivity index (χ1n) is 8.13. The summed E-state index contributed by atoms with van der Waals surface area (Å²) >= 11 is 21.5. The summed E-state index contributed by atoms with van der Waals surface area (Å²) in [7, 11) is 1.33. The normalized spacial score (nSPS) is 17.2. The highest BCUT2D eigenvalue weighted by molar-refractivity contribution is 9.10. The molecule has 0 aromatic heterocycles. The van der Waals surface area contributed by atoms with Crippen molar-refractivity contribution in [1.29, 1.82) is 0 Å². The van der Waals surface area contributed by atoms with Crippen LogP contribution in [0.4, 0.5) is 20.6 Å². The number of alkyl halides is 3. The zero-order chi connectivity index (χ0) is 21.3. The lowest BCUT2D eigenvalue weighted by Crippen LogP contribution is -2.36. The van der Waals surface area contributed by atoms with Crippen LogP contribution in [-0.2, 0) is 4.79 Å². The number of likely N-dealkylation sites (N-methyl/N-ethyl adjacent to an activating group) is 1. The number of amidine groups is 1. The Morgan fingerprint density at radius 2 is 1.72 bits per heavy atom. The van der Waals surface area contributed by atoms with E-state index in [2.05, 4.69) is 26.2 Å². The molecule has 1 aliphatic heterocycles. The van der Waals surface area contributed by atoms with Gasteiger partial charge in [0.1, 0.15) is 5.82 Å². The molecule has 29 heavy (non-hydrogen) atoms. The van der Waals surface area contributed by atoms with Crippen molar-refractivity contribution >= 4 is 79.9 Å². The molecule has 1 aliphatic rings. The third-order valence-electron chi connectivity index (χ3n) is 4.01. The standard InChI is InChI=1S/C18H13BrCl3FN4O2/c1-26-14(15(28)27(17(26)29)13-9-5-3-7-11(13)23)25-16(18(20,21)22)24-12-8-4-2-6-10(12)19/h2-9,16,24H,1H3. The van der Waals surface area contributed by atoms with E-state index >= 15 is 0 Å². The molecule has 3 amide bonds. The van der Waals surface area contributed by atoms with Crippen LogP contribution in [0.1, 0.15) is 0 Å². The molecular formula is C18H13BrCl3FN4O2. The Bertz CT molecular complexity index is 999. The molecule has 6 nitrogen and oxygen atoms in total. The summed E-state index contributed by atoms with van der Waals surface area (Å²) < 4.78 is 12.9. The van der Waals surface area contributed by atoms with Gasteiger partial charge in [0.2, 0.25) is 9.63 Å². The van der Waals surface area contributed by atoms with E-state index in [1.54, 1.807) is 24.3 Å². The molecule has 1 saturated heterocycles. The van der Waals surface area contributed by atoms with Gasteiger partial charge >= 0.3 is 11.9 Å². The van der Waals surface area contributed by atoms with Gasteiger partial charge in [0.05, 0.1) is 11.4 Å². The van der Waals surface area contributed by atoms with Gasteiger partial charge in [-0.15, -0.1) is 0 Å². The summed E-state index contributed by atoms with van der Waals surface area (Å²) in [5.74, 6) is -1.86. The summed E-state index contributed by atoms with van der Waals surface area (Å²) in [6.45, 7) is 0. The number of carbonyl (C=O) groups excluding carboxylic acids is 2. The number of urea groups is 1. The highest BCUT2D eigenvalue weighted by atomic mass is 79.9. The Morgan fingerprint density at radius 1 is 1.10 bits per heavy atom. The molecular weight excluding hydrogens is 509 g/mol. The zero-order valence-corrected chi connectivity index (χ0v) is 18.6. The van der Waals surface area contributed by atoms with Gasteiger partial charge in [-0.25, -0.2) is 19.1 Å². The van der Waals surface area contributed by atoms with Crippen molar-refractivity contribution in [3.63, 3.8) is 0 Å². The summed E-state index contributed by atoms with van der Waals surface area (Å²) in [4.78, 5) is 31.3. The molecule has 11 heteroatoms. The van der Waals surface area contributed by atoms with Crippen LogP contribution < -0.4 is 10.2 Å². The van der Waals surface area contributed by atoms with Gasteiger partial charge in [-0.2, -0.15) is 0 Å². The largest absolute Gasteiger partial charge is 0.359 e. The van der Waals surface area contributed by atoms with E-state index in [0.717, 1.165) is 11.0 Å². The van der Waals surface area contributed by atoms with E-state index in [1.807, 2.05) is 0 Å². The maximum absolute atomic E-state index is 14.1. The van der Waals surface area contributed by atoms with Crippen molar-refractivity contribution in [3.05, 3.63) is 58.8 Å². The fourth-order valence-corrected chi connectivity index (χ4v) is 3.30. The topological polar surface area (TPSA) is 65.0 Å². The van der Waals surface area contributed by atoms with E-state index in [-0.39, 0.29) is 11.5 Å². The van der Waals surface area contributed by atoms with Crippen LogP contribution in [-0.4, -0.2) is 39.7 Å². The molecule has 0 spiro atoms. The van der Waals surface area contributed by atoms with Crippen molar-refractivity contribution in [3.8, 4) is 0 Å². The number of hydrogen-bond donors (Lipinski definition) is 1. The third-order valence-corrected chi connectivity index (χ3v) is 5.32. The molecule has 152 valence electrons. The molecule has 3 rings (SSSR count). The number of para-hydroxylation sites is 2. The Balaban J connectivity index is 2.00. The Morgan fingerprint density at radius 3 is 2.34 bits per heavy atom. The minimum atomic E-state index is -1.96. The first kappa shape index (κ1) is 21.8. The summed E-state index contributed by atoms with van der Waals surface area (Å²) in [5.41, 5.74) is 0.363. The van der Waals surface area contributed by atoms with Gasteiger partial charge in [-0.05, 0) is 40.2 Å². The van der Waals surface area contributed by atoms with Gasteiger partial charge in [0, 0.05) is 11.5 Å². The van der Waals surface area contributed by atoms with Gasteiger partial charge in [-0.1, -0.05) is 59.1 Å². The first-order chi connectivity index (χ1) is 13.6. The number of rotatable bonds is 4. The average Bonchev–Trinajstić information content (AvgIpc) is 2.86. The monoisotopic (exact) mass is 520 g/mol. The van der Waals surface area contributed by atoms with Crippen LogP contribution in [0.3, 0.4) is 0 Å². The quantitative estimate of drug-likeness (QED) is 0.444. The number of hydrogen-bond acceptors (Lipinski definition) is 4. The number of amides is 3. The second kappa shape index (κ2) is 8.47. The summed E-state index contributed by atoms with van der Waals surface area (Å²) in [6, 6.07) is 11.7. The lowest BCUT2D eigenvalue weighted by molar-refractivity contribution is -0.111. The minimum absolute atomic E-state index is 0.191. The predicted molar refractivity (Wildman–Crippen MR) is 116 cm³/mol. The zero-order valence-electron chi connectivity index (χ0n) is 14.7. The van der Waals surface area contributed by atoms with E-state index < -0.39 is 27.7 Å². The van der Waals surface area contributed by atoms with Crippen LogP contribution in [0.5, 0.6) is 0 Å². The smallest absolute Gasteiger partial charge is 0.337 e. The van der Waals surface area contributed by atoms with Gasteiger partial charge in [0.15, 0.2) is 6.17 Å². The first-order valence-corrected chi connectivity index (χ1v) is 10.1. The van der Waals surface area contributed by atoms with Crippen LogP contribution in [0.25, 0.3) is 0 Å². The SMILES string of the molecule is CN1C(=O)N(c2ccccc2F)C(=O)C1=NC(Nc1ccccc1Br)C(Cl)(Cl)Cl. The number of imide groups is 1. The van der Waals surface area contributed by atoms with Crippen molar-refractivity contribution in [2.45, 2.75) is 9.96 Å². The van der Waals surface area contributed by atoms with Gasteiger partial charge in [-0.3, -0.25) is 9.69 Å². The molecule has 1 atom stereocenters. The van der Waals surface area contributed by atoms with Crippen LogP contribution in [0.2, 0.25) is 0 Å². The fraction of sp³-hybridized carbons (Fsp3) is 0.167. The van der Waals surface area contributed by atoms with Crippen molar-refractivity contribution in [2.75, 3.05) is 17.3 Å². The molecule has 0 aliphatic carbocycles. The van der Waals surface area contributed by atoms with Gasteiger partial charge in [0.25, 0.3) is 0 Å². The van der Waals surface area contributed by atoms with Gasteiger partial charge < -0.3 is 5.32 Å². The van der Waals surface area contributed by atoms with E-state index in [0.29, 0.717) is 15.1 Å². The van der Waals surface area contributed by atoms with Crippen molar-refractivity contribution in [1.82, 2.24) is 4.90 Å². The molecule has 2 aromatic carbocycles. The average molecular weight is 523 g/mol. The number of nitrogens with one attached hydrogen (secondary N) is 1. The highest BCUT2D eigenvalue weighted by Gasteiger charge is 2.44. The van der Waals surface area contributed by atoms with Crippen molar-refractivity contribution in [2.24, 2.45) is 4.99 Å². The number of benzene rings is 2. The van der Waals surface area contributed by atoms with E-state index in [4.69, 9.17) is 34.8 Å². The number of anilines is 2. The maximum Gasteiger partial charge on any atom is 0.337 e. The maximum atomic E-state index is 14.1. The molecule has 1 heterocycles. The number of nitrogens with zero attached hydrogens (tertiary/aromatic N) is 3.